The molecule has 0 unspecified atom stereocenters. The fourth-order valence-corrected chi connectivity index (χ4v) is 1.48. The van der Waals surface area contributed by atoms with Gasteiger partial charge in [-0.3, -0.25) is 0 Å². The minimum atomic E-state index is 0.965. The monoisotopic (exact) mass is 185 g/mol. The predicted molar refractivity (Wildman–Crippen MR) is 56.9 cm³/mol. The number of nitrogens with zero attached hydrogens (tertiary/aromatic N) is 2. The molecule has 2 heteroatoms. The Morgan fingerprint density at radius 2 is 2.00 bits per heavy atom. The molecule has 2 nitrogen and oxygen atoms in total. The van der Waals surface area contributed by atoms with Crippen molar-refractivity contribution in [1.29, 1.82) is 0 Å². The quantitative estimate of drug-likeness (QED) is 0.702. The number of imidazole rings is 1. The lowest BCUT2D eigenvalue weighted by Gasteiger charge is -2.02. The highest BCUT2D eigenvalue weighted by Crippen LogP contribution is 2.16. The summed E-state index contributed by atoms with van der Waals surface area (Å²) < 4.78 is 1.90. The van der Waals surface area contributed by atoms with E-state index in [-0.39, 0.29) is 0 Å². The molecule has 0 spiro atoms. The van der Waals surface area contributed by atoms with Crippen molar-refractivity contribution in [3.8, 4) is 11.4 Å². The van der Waals surface area contributed by atoms with Gasteiger partial charge in [-0.25, -0.2) is 4.98 Å². The highest BCUT2D eigenvalue weighted by atomic mass is 15.0. The minimum Gasteiger partial charge on any atom is -0.326 e. The molecule has 1 heterocycles. The SMILES string of the molecule is CCc1ccc(-c2nc[c]n2C)cc1. The van der Waals surface area contributed by atoms with Gasteiger partial charge in [0.2, 0.25) is 0 Å². The second-order valence-electron chi connectivity index (χ2n) is 3.32. The average Bonchev–Trinajstić information content (AvgIpc) is 2.65. The van der Waals surface area contributed by atoms with Crippen molar-refractivity contribution in [3.05, 3.63) is 42.2 Å². The van der Waals surface area contributed by atoms with Gasteiger partial charge in [0.15, 0.2) is 0 Å². The fourth-order valence-electron chi connectivity index (χ4n) is 1.48. The number of hydrogen-bond donors (Lipinski definition) is 0. The molecule has 2 aromatic rings. The van der Waals surface area contributed by atoms with E-state index in [0.717, 1.165) is 17.8 Å². The molecule has 0 atom stereocenters. The summed E-state index contributed by atoms with van der Waals surface area (Å²) in [6.45, 7) is 2.16. The summed E-state index contributed by atoms with van der Waals surface area (Å²) in [5, 5.41) is 0. The Bertz CT molecular complexity index is 412. The van der Waals surface area contributed by atoms with Gasteiger partial charge in [-0.15, -0.1) is 0 Å². The Morgan fingerprint density at radius 3 is 2.50 bits per heavy atom. The van der Waals surface area contributed by atoms with E-state index < -0.39 is 0 Å². The molecule has 0 aliphatic rings. The Hall–Kier alpha value is -1.57. The standard InChI is InChI=1S/C12H13N2/c1-3-10-4-6-11(7-5-10)12-13-8-9-14(12)2/h4-8H,3H2,1-2H3. The van der Waals surface area contributed by atoms with Gasteiger partial charge in [-0.05, 0) is 12.0 Å². The maximum absolute atomic E-state index is 4.25. The van der Waals surface area contributed by atoms with Crippen LogP contribution in [0.3, 0.4) is 0 Å². The molecule has 0 aliphatic heterocycles. The highest BCUT2D eigenvalue weighted by molar-refractivity contribution is 5.55. The molecule has 2 rings (SSSR count). The van der Waals surface area contributed by atoms with E-state index in [0.29, 0.717) is 0 Å². The first-order valence-corrected chi connectivity index (χ1v) is 4.80. The molecular formula is C12H13N2. The normalized spacial score (nSPS) is 10.4. The van der Waals surface area contributed by atoms with Gasteiger partial charge in [0.1, 0.15) is 5.82 Å². The van der Waals surface area contributed by atoms with Gasteiger partial charge < -0.3 is 4.57 Å². The van der Waals surface area contributed by atoms with Crippen LogP contribution in [0, 0.1) is 6.20 Å². The second-order valence-corrected chi connectivity index (χ2v) is 3.32. The first-order valence-electron chi connectivity index (χ1n) is 4.80. The van der Waals surface area contributed by atoms with E-state index in [4.69, 9.17) is 0 Å². The van der Waals surface area contributed by atoms with Gasteiger partial charge in [0, 0.05) is 12.6 Å². The Kier molecular flexibility index (Phi) is 2.35. The van der Waals surface area contributed by atoms with E-state index in [2.05, 4.69) is 42.4 Å². The van der Waals surface area contributed by atoms with Crippen LogP contribution in [0.25, 0.3) is 11.4 Å². The molecule has 71 valence electrons. The van der Waals surface area contributed by atoms with E-state index in [1.807, 2.05) is 11.6 Å². The fraction of sp³-hybridized carbons (Fsp3) is 0.250. The number of aryl methyl sites for hydroxylation is 2. The number of benzene rings is 1. The van der Waals surface area contributed by atoms with Crippen LogP contribution in [0.5, 0.6) is 0 Å². The lowest BCUT2D eigenvalue weighted by Crippen LogP contribution is -1.91. The molecule has 1 aromatic heterocycles. The van der Waals surface area contributed by atoms with Crippen molar-refractivity contribution in [2.45, 2.75) is 13.3 Å². The predicted octanol–water partition coefficient (Wildman–Crippen LogP) is 2.45. The lowest BCUT2D eigenvalue weighted by atomic mass is 10.1. The summed E-state index contributed by atoms with van der Waals surface area (Å²) in [7, 11) is 1.95. The highest BCUT2D eigenvalue weighted by Gasteiger charge is 2.02. The smallest absolute Gasteiger partial charge is 0.140 e. The van der Waals surface area contributed by atoms with Gasteiger partial charge in [-0.2, -0.15) is 0 Å². The van der Waals surface area contributed by atoms with E-state index in [9.17, 15) is 0 Å². The van der Waals surface area contributed by atoms with Crippen LogP contribution >= 0.6 is 0 Å². The largest absolute Gasteiger partial charge is 0.326 e. The third-order valence-electron chi connectivity index (χ3n) is 2.38. The van der Waals surface area contributed by atoms with Gasteiger partial charge in [0.05, 0.1) is 12.4 Å². The maximum Gasteiger partial charge on any atom is 0.140 e. The molecule has 0 saturated carbocycles. The molecule has 0 bridgehead atoms. The first kappa shape index (κ1) is 9.00. The minimum absolute atomic E-state index is 0.965. The van der Waals surface area contributed by atoms with Gasteiger partial charge >= 0.3 is 0 Å². The second kappa shape index (κ2) is 3.66. The van der Waals surface area contributed by atoms with Crippen molar-refractivity contribution < 1.29 is 0 Å². The molecule has 0 saturated heterocycles. The Balaban J connectivity index is 2.39. The van der Waals surface area contributed by atoms with Crippen LogP contribution in [-0.2, 0) is 13.5 Å². The summed E-state index contributed by atoms with van der Waals surface area (Å²) in [4.78, 5) is 4.25. The maximum atomic E-state index is 4.25. The van der Waals surface area contributed by atoms with Crippen molar-refractivity contribution in [2.24, 2.45) is 7.05 Å². The van der Waals surface area contributed by atoms with Gasteiger partial charge in [-0.1, -0.05) is 31.2 Å². The van der Waals surface area contributed by atoms with Crippen LogP contribution in [0.2, 0.25) is 0 Å². The zero-order chi connectivity index (χ0) is 9.97. The molecule has 0 amide bonds. The number of rotatable bonds is 2. The lowest BCUT2D eigenvalue weighted by molar-refractivity contribution is 0.917. The van der Waals surface area contributed by atoms with Crippen molar-refractivity contribution in [3.63, 3.8) is 0 Å². The van der Waals surface area contributed by atoms with Crippen LogP contribution in [0.4, 0.5) is 0 Å². The summed E-state index contributed by atoms with van der Waals surface area (Å²) in [5.74, 6) is 0.965. The Morgan fingerprint density at radius 1 is 1.29 bits per heavy atom. The molecule has 1 radical (unpaired) electrons. The topological polar surface area (TPSA) is 17.8 Å². The zero-order valence-electron chi connectivity index (χ0n) is 8.49. The average molecular weight is 185 g/mol. The summed E-state index contributed by atoms with van der Waals surface area (Å²) in [6.07, 6.45) is 5.78. The number of hydrogen-bond acceptors (Lipinski definition) is 1. The third kappa shape index (κ3) is 1.55. The van der Waals surface area contributed by atoms with Crippen molar-refractivity contribution in [2.75, 3.05) is 0 Å². The number of aromatic nitrogens is 2. The van der Waals surface area contributed by atoms with Gasteiger partial charge in [0.25, 0.3) is 0 Å². The molecule has 0 N–H and O–H groups in total. The molecular weight excluding hydrogens is 172 g/mol. The zero-order valence-corrected chi connectivity index (χ0v) is 8.49. The van der Waals surface area contributed by atoms with Crippen LogP contribution in [0.15, 0.2) is 30.5 Å². The van der Waals surface area contributed by atoms with Crippen LogP contribution in [0.1, 0.15) is 12.5 Å². The van der Waals surface area contributed by atoms with E-state index >= 15 is 0 Å². The van der Waals surface area contributed by atoms with Crippen molar-refractivity contribution >= 4 is 0 Å². The summed E-state index contributed by atoms with van der Waals surface area (Å²) in [6, 6.07) is 8.50. The summed E-state index contributed by atoms with van der Waals surface area (Å²) in [5.41, 5.74) is 2.50. The van der Waals surface area contributed by atoms with E-state index in [1.165, 1.54) is 5.56 Å². The molecule has 0 fully saturated rings. The van der Waals surface area contributed by atoms with Crippen LogP contribution < -0.4 is 0 Å². The van der Waals surface area contributed by atoms with Crippen molar-refractivity contribution in [1.82, 2.24) is 9.55 Å². The summed E-state index contributed by atoms with van der Waals surface area (Å²) >= 11 is 0. The third-order valence-corrected chi connectivity index (χ3v) is 2.38. The molecule has 14 heavy (non-hydrogen) atoms. The van der Waals surface area contributed by atoms with E-state index in [1.54, 1.807) is 6.20 Å². The first-order chi connectivity index (χ1) is 6.81. The Labute approximate surface area is 84.2 Å². The molecule has 0 aliphatic carbocycles. The molecule has 1 aromatic carbocycles. The van der Waals surface area contributed by atoms with Crippen LogP contribution in [-0.4, -0.2) is 9.55 Å².